The highest BCUT2D eigenvalue weighted by Gasteiger charge is 2.11. The fourth-order valence-electron chi connectivity index (χ4n) is 2.05. The highest BCUT2D eigenvalue weighted by atomic mass is 32.1. The number of methoxy groups -OCH3 is 2. The molecule has 1 N–H and O–H groups in total. The molecule has 0 aromatic carbocycles. The minimum atomic E-state index is 0.470. The van der Waals surface area contributed by atoms with Crippen LogP contribution in [0, 0.1) is 4.77 Å². The van der Waals surface area contributed by atoms with Gasteiger partial charge < -0.3 is 14.5 Å². The third kappa shape index (κ3) is 2.45. The number of nitrogens with zero attached hydrogens (tertiary/aromatic N) is 4. The number of pyridine rings is 1. The van der Waals surface area contributed by atoms with Crippen LogP contribution >= 0.6 is 12.2 Å². The number of hydrogen-bond donors (Lipinski definition) is 1. The molecular formula is C13H13N5O2S. The van der Waals surface area contributed by atoms with Crippen molar-refractivity contribution < 1.29 is 9.47 Å². The van der Waals surface area contributed by atoms with Gasteiger partial charge in [0.05, 0.1) is 20.8 Å². The van der Waals surface area contributed by atoms with Crippen LogP contribution in [0.1, 0.15) is 5.56 Å². The molecule has 108 valence electrons. The van der Waals surface area contributed by atoms with Crippen molar-refractivity contribution in [2.75, 3.05) is 14.2 Å². The molecule has 0 unspecified atom stereocenters. The van der Waals surface area contributed by atoms with E-state index in [0.29, 0.717) is 34.2 Å². The van der Waals surface area contributed by atoms with Gasteiger partial charge in [-0.25, -0.2) is 9.97 Å². The van der Waals surface area contributed by atoms with Gasteiger partial charge in [-0.05, 0) is 17.8 Å². The highest BCUT2D eigenvalue weighted by molar-refractivity contribution is 7.71. The lowest BCUT2D eigenvalue weighted by molar-refractivity contribution is 0.397. The Labute approximate surface area is 125 Å². The third-order valence-electron chi connectivity index (χ3n) is 3.07. The third-order valence-corrected chi connectivity index (χ3v) is 3.39. The quantitative estimate of drug-likeness (QED) is 0.742. The zero-order valence-corrected chi connectivity index (χ0v) is 12.3. The summed E-state index contributed by atoms with van der Waals surface area (Å²) in [6.07, 6.45) is 3.20. The average Bonchev–Trinajstić information content (AvgIpc) is 2.84. The first-order valence-corrected chi connectivity index (χ1v) is 6.60. The summed E-state index contributed by atoms with van der Waals surface area (Å²) in [7, 11) is 3.14. The second kappa shape index (κ2) is 5.49. The normalized spacial score (nSPS) is 10.8. The van der Waals surface area contributed by atoms with Gasteiger partial charge in [0, 0.05) is 12.3 Å². The Morgan fingerprint density at radius 3 is 2.71 bits per heavy atom. The lowest BCUT2D eigenvalue weighted by atomic mass is 10.3. The van der Waals surface area contributed by atoms with Crippen LogP contribution < -0.4 is 9.47 Å². The molecule has 0 atom stereocenters. The SMILES string of the molecule is COc1ccc(Cn2c(=S)[nH]c3c(OC)ncnc32)cn1. The van der Waals surface area contributed by atoms with E-state index in [-0.39, 0.29) is 0 Å². The maximum Gasteiger partial charge on any atom is 0.242 e. The smallest absolute Gasteiger partial charge is 0.242 e. The van der Waals surface area contributed by atoms with Crippen LogP contribution in [-0.4, -0.2) is 38.7 Å². The first-order valence-electron chi connectivity index (χ1n) is 6.19. The Bertz CT molecular complexity index is 825. The first kappa shape index (κ1) is 13.5. The molecule has 3 aromatic rings. The van der Waals surface area contributed by atoms with Crippen LogP contribution in [0.25, 0.3) is 11.2 Å². The molecule has 0 bridgehead atoms. The Kier molecular flexibility index (Phi) is 3.53. The number of H-pyrrole nitrogens is 1. The van der Waals surface area contributed by atoms with E-state index in [1.54, 1.807) is 20.4 Å². The molecule has 0 aliphatic carbocycles. The average molecular weight is 303 g/mol. The van der Waals surface area contributed by atoms with Crippen LogP contribution in [0.15, 0.2) is 24.7 Å². The van der Waals surface area contributed by atoms with Gasteiger partial charge in [0.2, 0.25) is 11.8 Å². The van der Waals surface area contributed by atoms with Crippen LogP contribution in [-0.2, 0) is 6.54 Å². The summed E-state index contributed by atoms with van der Waals surface area (Å²) >= 11 is 5.35. The van der Waals surface area contributed by atoms with Gasteiger partial charge >= 0.3 is 0 Å². The number of nitrogens with one attached hydrogen (secondary N) is 1. The zero-order chi connectivity index (χ0) is 14.8. The van der Waals surface area contributed by atoms with Crippen molar-refractivity contribution in [1.29, 1.82) is 0 Å². The molecule has 3 rings (SSSR count). The monoisotopic (exact) mass is 303 g/mol. The molecule has 0 saturated heterocycles. The van der Waals surface area contributed by atoms with Crippen molar-refractivity contribution in [1.82, 2.24) is 24.5 Å². The van der Waals surface area contributed by atoms with Crippen molar-refractivity contribution in [2.45, 2.75) is 6.54 Å². The number of aromatic nitrogens is 5. The molecule has 21 heavy (non-hydrogen) atoms. The standard InChI is InChI=1S/C13H13N5O2S/c1-19-9-4-3-8(5-14-9)6-18-11-10(17-13(18)21)12(20-2)16-7-15-11/h3-5,7H,6H2,1-2H3,(H,17,21). The number of aromatic amines is 1. The molecule has 0 radical (unpaired) electrons. The van der Waals surface area contributed by atoms with Gasteiger partial charge in [-0.3, -0.25) is 4.57 Å². The summed E-state index contributed by atoms with van der Waals surface area (Å²) in [5, 5.41) is 0. The molecule has 0 aliphatic rings. The fraction of sp³-hybridized carbons (Fsp3) is 0.231. The van der Waals surface area contributed by atoms with Gasteiger partial charge in [-0.2, -0.15) is 4.98 Å². The molecule has 0 saturated carbocycles. The van der Waals surface area contributed by atoms with Gasteiger partial charge in [0.1, 0.15) is 11.8 Å². The number of rotatable bonds is 4. The predicted molar refractivity (Wildman–Crippen MR) is 79.2 cm³/mol. The minimum Gasteiger partial charge on any atom is -0.481 e. The molecule has 0 spiro atoms. The maximum absolute atomic E-state index is 5.35. The molecule has 3 aromatic heterocycles. The van der Waals surface area contributed by atoms with E-state index in [2.05, 4.69) is 19.9 Å². The summed E-state index contributed by atoms with van der Waals surface area (Å²) in [6, 6.07) is 3.74. The second-order valence-corrected chi connectivity index (χ2v) is 4.69. The van der Waals surface area contributed by atoms with E-state index in [9.17, 15) is 0 Å². The summed E-state index contributed by atoms with van der Waals surface area (Å²) < 4.78 is 12.7. The molecular weight excluding hydrogens is 290 g/mol. The van der Waals surface area contributed by atoms with Gasteiger partial charge in [-0.15, -0.1) is 0 Å². The molecule has 8 heteroatoms. The Morgan fingerprint density at radius 2 is 2.05 bits per heavy atom. The number of fused-ring (bicyclic) bond motifs is 1. The zero-order valence-electron chi connectivity index (χ0n) is 11.5. The van der Waals surface area contributed by atoms with E-state index in [0.717, 1.165) is 5.56 Å². The minimum absolute atomic E-state index is 0.470. The topological polar surface area (TPSA) is 77.9 Å². The van der Waals surface area contributed by atoms with Crippen LogP contribution in [0.4, 0.5) is 0 Å². The van der Waals surface area contributed by atoms with E-state index in [1.165, 1.54) is 6.33 Å². The summed E-state index contributed by atoms with van der Waals surface area (Å²) in [5.74, 6) is 1.04. The van der Waals surface area contributed by atoms with Crippen molar-refractivity contribution in [3.8, 4) is 11.8 Å². The van der Waals surface area contributed by atoms with E-state index >= 15 is 0 Å². The number of hydrogen-bond acceptors (Lipinski definition) is 6. The number of ether oxygens (including phenoxy) is 2. The molecule has 0 amide bonds. The molecule has 0 aliphatic heterocycles. The Hall–Kier alpha value is -2.48. The van der Waals surface area contributed by atoms with Crippen LogP contribution in [0.2, 0.25) is 0 Å². The van der Waals surface area contributed by atoms with E-state index in [4.69, 9.17) is 21.7 Å². The largest absolute Gasteiger partial charge is 0.481 e. The summed E-state index contributed by atoms with van der Waals surface area (Å²) in [4.78, 5) is 15.6. The van der Waals surface area contributed by atoms with E-state index in [1.807, 2.05) is 16.7 Å². The predicted octanol–water partition coefficient (Wildman–Crippen LogP) is 1.95. The Morgan fingerprint density at radius 1 is 1.19 bits per heavy atom. The van der Waals surface area contributed by atoms with Gasteiger partial charge in [0.15, 0.2) is 10.4 Å². The van der Waals surface area contributed by atoms with Crippen molar-refractivity contribution >= 4 is 23.4 Å². The van der Waals surface area contributed by atoms with Crippen molar-refractivity contribution in [3.63, 3.8) is 0 Å². The summed E-state index contributed by atoms with van der Waals surface area (Å²) in [5.41, 5.74) is 2.37. The van der Waals surface area contributed by atoms with Crippen molar-refractivity contribution in [3.05, 3.63) is 35.0 Å². The van der Waals surface area contributed by atoms with E-state index < -0.39 is 0 Å². The summed E-state index contributed by atoms with van der Waals surface area (Å²) in [6.45, 7) is 0.552. The van der Waals surface area contributed by atoms with Crippen molar-refractivity contribution in [2.24, 2.45) is 0 Å². The van der Waals surface area contributed by atoms with Crippen LogP contribution in [0.5, 0.6) is 11.8 Å². The molecule has 3 heterocycles. The molecule has 0 fully saturated rings. The lowest BCUT2D eigenvalue weighted by Crippen LogP contribution is -2.02. The number of imidazole rings is 1. The second-order valence-electron chi connectivity index (χ2n) is 4.31. The Balaban J connectivity index is 2.03. The highest BCUT2D eigenvalue weighted by Crippen LogP contribution is 2.21. The molecule has 7 nitrogen and oxygen atoms in total. The van der Waals surface area contributed by atoms with Gasteiger partial charge in [0.25, 0.3) is 0 Å². The maximum atomic E-state index is 5.35. The first-order chi connectivity index (χ1) is 10.2. The van der Waals surface area contributed by atoms with Crippen LogP contribution in [0.3, 0.4) is 0 Å². The fourth-order valence-corrected chi connectivity index (χ4v) is 2.31. The lowest BCUT2D eigenvalue weighted by Gasteiger charge is -2.05. The van der Waals surface area contributed by atoms with Gasteiger partial charge in [-0.1, -0.05) is 6.07 Å².